The van der Waals surface area contributed by atoms with Gasteiger partial charge in [-0.2, -0.15) is 0 Å². The zero-order chi connectivity index (χ0) is 16.0. The molecule has 1 amide bonds. The van der Waals surface area contributed by atoms with Crippen LogP contribution in [0.2, 0.25) is 0 Å². The van der Waals surface area contributed by atoms with E-state index in [9.17, 15) is 19.7 Å². The number of carbonyl (C=O) groups is 2. The highest BCUT2D eigenvalue weighted by molar-refractivity contribution is 8.00. The molecule has 0 spiro atoms. The van der Waals surface area contributed by atoms with E-state index in [4.69, 9.17) is 4.74 Å². The van der Waals surface area contributed by atoms with Crippen molar-refractivity contribution in [3.63, 3.8) is 0 Å². The Labute approximate surface area is 126 Å². The van der Waals surface area contributed by atoms with Gasteiger partial charge >= 0.3 is 5.97 Å². The van der Waals surface area contributed by atoms with Gasteiger partial charge in [0.25, 0.3) is 11.6 Å². The van der Waals surface area contributed by atoms with Crippen molar-refractivity contribution < 1.29 is 19.2 Å². The van der Waals surface area contributed by atoms with Crippen LogP contribution >= 0.6 is 11.8 Å². The van der Waals surface area contributed by atoms with Crippen molar-refractivity contribution in [2.45, 2.75) is 17.1 Å². The summed E-state index contributed by atoms with van der Waals surface area (Å²) < 4.78 is 4.90. The number of benzene rings is 1. The molecule has 0 radical (unpaired) electrons. The van der Waals surface area contributed by atoms with Gasteiger partial charge in [-0.1, -0.05) is 0 Å². The Morgan fingerprint density at radius 3 is 2.38 bits per heavy atom. The summed E-state index contributed by atoms with van der Waals surface area (Å²) in [5, 5.41) is 10.0. The molecule has 114 valence electrons. The van der Waals surface area contributed by atoms with Gasteiger partial charge in [-0.05, 0) is 19.1 Å². The highest BCUT2D eigenvalue weighted by Crippen LogP contribution is 2.25. The molecule has 0 aliphatic heterocycles. The molecule has 0 aromatic heterocycles. The molecular weight excluding hydrogens is 296 g/mol. The molecule has 0 fully saturated rings. The monoisotopic (exact) mass is 312 g/mol. The van der Waals surface area contributed by atoms with Crippen molar-refractivity contribution in [2.75, 3.05) is 20.7 Å². The number of thioether (sulfide) groups is 1. The molecule has 1 atom stereocenters. The molecule has 1 aromatic carbocycles. The number of nitrogens with zero attached hydrogens (tertiary/aromatic N) is 2. The summed E-state index contributed by atoms with van der Waals surface area (Å²) in [6, 6.07) is 5.88. The van der Waals surface area contributed by atoms with Crippen LogP contribution < -0.4 is 0 Å². The molecule has 0 saturated heterocycles. The van der Waals surface area contributed by atoms with Crippen molar-refractivity contribution in [2.24, 2.45) is 0 Å². The summed E-state index contributed by atoms with van der Waals surface area (Å²) in [4.78, 5) is 35.1. The third-order valence-electron chi connectivity index (χ3n) is 2.53. The van der Waals surface area contributed by atoms with Gasteiger partial charge in [0, 0.05) is 31.1 Å². The Morgan fingerprint density at radius 2 is 1.90 bits per heavy atom. The summed E-state index contributed by atoms with van der Waals surface area (Å²) in [7, 11) is 3.15. The minimum atomic E-state index is -0.513. The molecule has 0 aliphatic rings. The molecule has 0 saturated carbocycles. The Balaban J connectivity index is 2.52. The van der Waals surface area contributed by atoms with Crippen LogP contribution in [0.15, 0.2) is 29.2 Å². The standard InChI is InChI=1S/C13H16N2O5S/c1-9(13(17)20-8-12(16)14(2)3)21-11-6-4-10(5-7-11)15(18)19/h4-7,9H,8H2,1-3H3/t9-/m0/s1. The molecule has 8 heteroatoms. The molecule has 0 bridgehead atoms. The largest absolute Gasteiger partial charge is 0.455 e. The number of rotatable bonds is 6. The Bertz CT molecular complexity index is 530. The first-order chi connectivity index (χ1) is 9.81. The summed E-state index contributed by atoms with van der Waals surface area (Å²) in [5.74, 6) is -0.801. The van der Waals surface area contributed by atoms with Crippen molar-refractivity contribution in [1.29, 1.82) is 0 Å². The van der Waals surface area contributed by atoms with E-state index in [2.05, 4.69) is 0 Å². The third-order valence-corrected chi connectivity index (χ3v) is 3.62. The van der Waals surface area contributed by atoms with Gasteiger partial charge in [0.15, 0.2) is 6.61 Å². The molecule has 7 nitrogen and oxygen atoms in total. The fraction of sp³-hybridized carbons (Fsp3) is 0.385. The van der Waals surface area contributed by atoms with Crippen LogP contribution in [-0.4, -0.2) is 47.7 Å². The van der Waals surface area contributed by atoms with Crippen molar-refractivity contribution in [3.8, 4) is 0 Å². The summed E-state index contributed by atoms with van der Waals surface area (Å²) in [5.41, 5.74) is -0.00819. The third kappa shape index (κ3) is 5.42. The van der Waals surface area contributed by atoms with Crippen LogP contribution in [0, 0.1) is 10.1 Å². The number of non-ortho nitro benzene ring substituents is 1. The molecule has 1 rings (SSSR count). The minimum Gasteiger partial charge on any atom is -0.455 e. The lowest BCUT2D eigenvalue weighted by molar-refractivity contribution is -0.384. The van der Waals surface area contributed by atoms with Gasteiger partial charge in [0.1, 0.15) is 5.25 Å². The first-order valence-corrected chi connectivity index (χ1v) is 6.97. The predicted octanol–water partition coefficient (Wildman–Crippen LogP) is 1.71. The lowest BCUT2D eigenvalue weighted by atomic mass is 10.3. The Hall–Kier alpha value is -2.09. The lowest BCUT2D eigenvalue weighted by Gasteiger charge is -2.13. The van der Waals surface area contributed by atoms with Crippen LogP contribution in [0.3, 0.4) is 0 Å². The van der Waals surface area contributed by atoms with E-state index in [-0.39, 0.29) is 18.2 Å². The lowest BCUT2D eigenvalue weighted by Crippen LogP contribution is -2.29. The highest BCUT2D eigenvalue weighted by Gasteiger charge is 2.18. The molecule has 1 aromatic rings. The number of esters is 1. The quantitative estimate of drug-likeness (QED) is 0.344. The topological polar surface area (TPSA) is 89.7 Å². The highest BCUT2D eigenvalue weighted by atomic mass is 32.2. The molecule has 21 heavy (non-hydrogen) atoms. The normalized spacial score (nSPS) is 11.6. The van der Waals surface area contributed by atoms with Crippen LogP contribution in [0.25, 0.3) is 0 Å². The van der Waals surface area contributed by atoms with Gasteiger partial charge in [0.05, 0.1) is 4.92 Å². The van der Waals surface area contributed by atoms with Gasteiger partial charge in [-0.15, -0.1) is 11.8 Å². The van der Waals surface area contributed by atoms with Crippen LogP contribution in [0.5, 0.6) is 0 Å². The second-order valence-corrected chi connectivity index (χ2v) is 5.82. The van der Waals surface area contributed by atoms with Crippen molar-refractivity contribution in [3.05, 3.63) is 34.4 Å². The SMILES string of the molecule is C[C@H](Sc1ccc([N+](=O)[O-])cc1)C(=O)OCC(=O)N(C)C. The van der Waals surface area contributed by atoms with Gasteiger partial charge in [-0.25, -0.2) is 0 Å². The smallest absolute Gasteiger partial charge is 0.319 e. The van der Waals surface area contributed by atoms with E-state index in [0.29, 0.717) is 4.90 Å². The second kappa shape index (κ2) is 7.63. The summed E-state index contributed by atoms with van der Waals surface area (Å²) >= 11 is 1.21. The summed E-state index contributed by atoms with van der Waals surface area (Å²) in [6.45, 7) is 1.35. The zero-order valence-electron chi connectivity index (χ0n) is 11.9. The van der Waals surface area contributed by atoms with Crippen molar-refractivity contribution in [1.82, 2.24) is 4.90 Å². The number of carbonyl (C=O) groups excluding carboxylic acids is 2. The molecular formula is C13H16N2O5S. The number of nitro benzene ring substituents is 1. The van der Waals surface area contributed by atoms with Crippen LogP contribution in [0.1, 0.15) is 6.92 Å². The van der Waals surface area contributed by atoms with Gasteiger partial charge < -0.3 is 9.64 Å². The van der Waals surface area contributed by atoms with E-state index in [1.54, 1.807) is 33.2 Å². The van der Waals surface area contributed by atoms with E-state index >= 15 is 0 Å². The molecule has 0 N–H and O–H groups in total. The van der Waals surface area contributed by atoms with Gasteiger partial charge in [0.2, 0.25) is 0 Å². The number of likely N-dealkylation sites (N-methyl/N-ethyl adjacent to an activating group) is 1. The first-order valence-electron chi connectivity index (χ1n) is 6.09. The Kier molecular flexibility index (Phi) is 6.16. The number of nitro groups is 1. The van der Waals surface area contributed by atoms with Gasteiger partial charge in [-0.3, -0.25) is 19.7 Å². The van der Waals surface area contributed by atoms with E-state index in [1.807, 2.05) is 0 Å². The Morgan fingerprint density at radius 1 is 1.33 bits per heavy atom. The zero-order valence-corrected chi connectivity index (χ0v) is 12.8. The number of hydrogen-bond acceptors (Lipinski definition) is 6. The molecule has 0 unspecified atom stereocenters. The maximum atomic E-state index is 11.7. The maximum Gasteiger partial charge on any atom is 0.319 e. The average molecular weight is 312 g/mol. The van der Waals surface area contributed by atoms with E-state index in [1.165, 1.54) is 28.8 Å². The second-order valence-electron chi connectivity index (χ2n) is 4.41. The van der Waals surface area contributed by atoms with E-state index < -0.39 is 16.1 Å². The van der Waals surface area contributed by atoms with Crippen molar-refractivity contribution >= 4 is 29.3 Å². The van der Waals surface area contributed by atoms with Crippen LogP contribution in [0.4, 0.5) is 5.69 Å². The molecule has 0 heterocycles. The maximum absolute atomic E-state index is 11.7. The number of amides is 1. The fourth-order valence-electron chi connectivity index (χ4n) is 1.28. The predicted molar refractivity (Wildman–Crippen MR) is 78.1 cm³/mol. The fourth-order valence-corrected chi connectivity index (χ4v) is 2.14. The average Bonchev–Trinajstić information content (AvgIpc) is 2.44. The van der Waals surface area contributed by atoms with Crippen LogP contribution in [-0.2, 0) is 14.3 Å². The summed E-state index contributed by atoms with van der Waals surface area (Å²) in [6.07, 6.45) is 0. The molecule has 0 aliphatic carbocycles. The van der Waals surface area contributed by atoms with E-state index in [0.717, 1.165) is 0 Å². The number of hydrogen-bond donors (Lipinski definition) is 0. The number of ether oxygens (including phenoxy) is 1. The minimum absolute atomic E-state index is 0.00819. The first kappa shape index (κ1) is 17.0.